The van der Waals surface area contributed by atoms with Crippen LogP contribution in [0.3, 0.4) is 0 Å². The molecule has 2 heterocycles. The van der Waals surface area contributed by atoms with E-state index >= 15 is 0 Å². The van der Waals surface area contributed by atoms with Gasteiger partial charge in [-0.3, -0.25) is 0 Å². The number of hydrogen-bond acceptors (Lipinski definition) is 3. The van der Waals surface area contributed by atoms with Crippen molar-refractivity contribution in [1.82, 2.24) is 4.98 Å². The summed E-state index contributed by atoms with van der Waals surface area (Å²) in [5.74, 6) is -0.980. The summed E-state index contributed by atoms with van der Waals surface area (Å²) in [6.07, 6.45) is 4.78. The zero-order valence-corrected chi connectivity index (χ0v) is 9.18. The second-order valence-electron chi connectivity index (χ2n) is 3.97. The Morgan fingerprint density at radius 1 is 1.56 bits per heavy atom. The predicted octanol–water partition coefficient (Wildman–Crippen LogP) is 1.94. The Hall–Kier alpha value is -1.84. The molecule has 0 atom stereocenters. The zero-order chi connectivity index (χ0) is 11.5. The lowest BCUT2D eigenvalue weighted by Crippen LogP contribution is -2.29. The molecule has 1 N–H and O–H groups in total. The SMILES string of the molecule is CC1=CCCN(c2ccnc(C(=O)O)c2)C1. The molecule has 1 aliphatic heterocycles. The van der Waals surface area contributed by atoms with Crippen LogP contribution in [0.15, 0.2) is 30.0 Å². The summed E-state index contributed by atoms with van der Waals surface area (Å²) in [4.78, 5) is 16.8. The first-order valence-electron chi connectivity index (χ1n) is 5.27. The molecule has 0 radical (unpaired) electrons. The summed E-state index contributed by atoms with van der Waals surface area (Å²) in [6, 6.07) is 3.48. The van der Waals surface area contributed by atoms with Gasteiger partial charge in [0.05, 0.1) is 0 Å². The van der Waals surface area contributed by atoms with Crippen molar-refractivity contribution in [3.63, 3.8) is 0 Å². The molecule has 0 saturated carbocycles. The standard InChI is InChI=1S/C12H14N2O2/c1-9-3-2-6-14(8-9)10-4-5-13-11(7-10)12(15)16/h3-5,7H,2,6,8H2,1H3,(H,15,16). The van der Waals surface area contributed by atoms with Gasteiger partial charge in [-0.25, -0.2) is 9.78 Å². The molecule has 0 aromatic carbocycles. The molecule has 0 aliphatic carbocycles. The molecule has 0 saturated heterocycles. The first kappa shape index (κ1) is 10.7. The lowest BCUT2D eigenvalue weighted by atomic mass is 10.1. The number of carboxylic acid groups (broad SMARTS) is 1. The zero-order valence-electron chi connectivity index (χ0n) is 9.18. The van der Waals surface area contributed by atoms with Crippen LogP contribution in [0.2, 0.25) is 0 Å². The minimum Gasteiger partial charge on any atom is -0.477 e. The number of anilines is 1. The Labute approximate surface area is 94.2 Å². The van der Waals surface area contributed by atoms with Crippen molar-refractivity contribution in [2.45, 2.75) is 13.3 Å². The van der Waals surface area contributed by atoms with E-state index in [1.54, 1.807) is 12.3 Å². The first-order valence-corrected chi connectivity index (χ1v) is 5.27. The van der Waals surface area contributed by atoms with Crippen molar-refractivity contribution in [2.24, 2.45) is 0 Å². The van der Waals surface area contributed by atoms with E-state index in [9.17, 15) is 4.79 Å². The van der Waals surface area contributed by atoms with Crippen LogP contribution in [-0.2, 0) is 0 Å². The van der Waals surface area contributed by atoms with E-state index in [0.717, 1.165) is 25.2 Å². The van der Waals surface area contributed by atoms with E-state index in [2.05, 4.69) is 22.9 Å². The predicted molar refractivity (Wildman–Crippen MR) is 61.8 cm³/mol. The van der Waals surface area contributed by atoms with Gasteiger partial charge in [0.2, 0.25) is 0 Å². The molecule has 0 spiro atoms. The number of aromatic nitrogens is 1. The maximum Gasteiger partial charge on any atom is 0.354 e. The molecule has 0 unspecified atom stereocenters. The lowest BCUT2D eigenvalue weighted by molar-refractivity contribution is 0.0690. The minimum absolute atomic E-state index is 0.102. The van der Waals surface area contributed by atoms with E-state index < -0.39 is 5.97 Å². The third-order valence-corrected chi connectivity index (χ3v) is 2.66. The second kappa shape index (κ2) is 4.35. The monoisotopic (exact) mass is 218 g/mol. The molecule has 4 heteroatoms. The van der Waals surface area contributed by atoms with Gasteiger partial charge in [-0.15, -0.1) is 0 Å². The molecule has 16 heavy (non-hydrogen) atoms. The molecule has 1 aromatic rings. The molecule has 1 aromatic heterocycles. The average Bonchev–Trinajstić information content (AvgIpc) is 2.29. The Kier molecular flexibility index (Phi) is 2.90. The van der Waals surface area contributed by atoms with Crippen molar-refractivity contribution in [1.29, 1.82) is 0 Å². The molecular formula is C12H14N2O2. The number of hydrogen-bond donors (Lipinski definition) is 1. The molecule has 0 bridgehead atoms. The van der Waals surface area contributed by atoms with Crippen LogP contribution in [0.4, 0.5) is 5.69 Å². The van der Waals surface area contributed by atoms with E-state index in [-0.39, 0.29) is 5.69 Å². The number of nitrogens with zero attached hydrogens (tertiary/aromatic N) is 2. The van der Waals surface area contributed by atoms with Gasteiger partial charge in [-0.1, -0.05) is 11.6 Å². The second-order valence-corrected chi connectivity index (χ2v) is 3.97. The average molecular weight is 218 g/mol. The summed E-state index contributed by atoms with van der Waals surface area (Å²) in [5.41, 5.74) is 2.35. The first-order chi connectivity index (χ1) is 7.66. The topological polar surface area (TPSA) is 53.4 Å². The van der Waals surface area contributed by atoms with Crippen molar-refractivity contribution < 1.29 is 9.90 Å². The third kappa shape index (κ3) is 2.21. The molecule has 0 amide bonds. The highest BCUT2D eigenvalue weighted by atomic mass is 16.4. The molecular weight excluding hydrogens is 204 g/mol. The van der Waals surface area contributed by atoms with Crippen molar-refractivity contribution in [2.75, 3.05) is 18.0 Å². The van der Waals surface area contributed by atoms with Gasteiger partial charge >= 0.3 is 5.97 Å². The number of carboxylic acids is 1. The van der Waals surface area contributed by atoms with Gasteiger partial charge in [0.25, 0.3) is 0 Å². The van der Waals surface area contributed by atoms with E-state index in [4.69, 9.17) is 5.11 Å². The van der Waals surface area contributed by atoms with Gasteiger partial charge < -0.3 is 10.0 Å². The van der Waals surface area contributed by atoms with Gasteiger partial charge in [-0.2, -0.15) is 0 Å². The lowest BCUT2D eigenvalue weighted by Gasteiger charge is -2.28. The van der Waals surface area contributed by atoms with Crippen LogP contribution in [0.25, 0.3) is 0 Å². The molecule has 84 valence electrons. The van der Waals surface area contributed by atoms with Crippen LogP contribution in [-0.4, -0.2) is 29.1 Å². The fourth-order valence-corrected chi connectivity index (χ4v) is 1.86. The highest BCUT2D eigenvalue weighted by molar-refractivity contribution is 5.86. The molecule has 2 rings (SSSR count). The maximum atomic E-state index is 10.8. The van der Waals surface area contributed by atoms with Gasteiger partial charge in [0, 0.05) is 25.0 Å². The minimum atomic E-state index is -0.980. The van der Waals surface area contributed by atoms with Crippen LogP contribution in [0.5, 0.6) is 0 Å². The smallest absolute Gasteiger partial charge is 0.354 e. The Morgan fingerprint density at radius 2 is 2.38 bits per heavy atom. The van der Waals surface area contributed by atoms with Crippen molar-refractivity contribution >= 4 is 11.7 Å². The largest absolute Gasteiger partial charge is 0.477 e. The van der Waals surface area contributed by atoms with E-state index in [1.165, 1.54) is 5.57 Å². The highest BCUT2D eigenvalue weighted by Gasteiger charge is 2.13. The summed E-state index contributed by atoms with van der Waals surface area (Å²) < 4.78 is 0. The van der Waals surface area contributed by atoms with E-state index in [1.807, 2.05) is 6.07 Å². The molecule has 4 nitrogen and oxygen atoms in total. The molecule has 1 aliphatic rings. The number of aromatic carboxylic acids is 1. The Balaban J connectivity index is 2.24. The van der Waals surface area contributed by atoms with E-state index in [0.29, 0.717) is 0 Å². The van der Waals surface area contributed by atoms with Crippen LogP contribution >= 0.6 is 0 Å². The van der Waals surface area contributed by atoms with Crippen LogP contribution in [0.1, 0.15) is 23.8 Å². The maximum absolute atomic E-state index is 10.8. The normalized spacial score (nSPS) is 15.8. The van der Waals surface area contributed by atoms with Crippen molar-refractivity contribution in [3.8, 4) is 0 Å². The summed E-state index contributed by atoms with van der Waals surface area (Å²) >= 11 is 0. The van der Waals surface area contributed by atoms with Crippen LogP contribution in [0, 0.1) is 0 Å². The number of pyridine rings is 1. The Bertz CT molecular complexity index is 440. The fraction of sp³-hybridized carbons (Fsp3) is 0.333. The van der Waals surface area contributed by atoms with Gasteiger partial charge in [-0.05, 0) is 25.5 Å². The number of rotatable bonds is 2. The summed E-state index contributed by atoms with van der Waals surface area (Å²) in [6.45, 7) is 3.88. The van der Waals surface area contributed by atoms with Crippen LogP contribution < -0.4 is 4.90 Å². The highest BCUT2D eigenvalue weighted by Crippen LogP contribution is 2.19. The summed E-state index contributed by atoms with van der Waals surface area (Å²) in [7, 11) is 0. The Morgan fingerprint density at radius 3 is 3.06 bits per heavy atom. The molecule has 0 fully saturated rings. The third-order valence-electron chi connectivity index (χ3n) is 2.66. The van der Waals surface area contributed by atoms with Gasteiger partial charge in [0.1, 0.15) is 5.69 Å². The quantitative estimate of drug-likeness (QED) is 0.771. The van der Waals surface area contributed by atoms with Gasteiger partial charge in [0.15, 0.2) is 0 Å². The number of carbonyl (C=O) groups is 1. The fourth-order valence-electron chi connectivity index (χ4n) is 1.86. The van der Waals surface area contributed by atoms with Crippen molar-refractivity contribution in [3.05, 3.63) is 35.7 Å². The summed E-state index contributed by atoms with van der Waals surface area (Å²) in [5, 5.41) is 8.87.